The van der Waals surface area contributed by atoms with Crippen molar-refractivity contribution in [2.24, 2.45) is 23.3 Å². The van der Waals surface area contributed by atoms with Crippen LogP contribution in [0.1, 0.15) is 26.2 Å². The van der Waals surface area contributed by atoms with Gasteiger partial charge in [0.25, 0.3) is 0 Å². The lowest BCUT2D eigenvalue weighted by molar-refractivity contribution is -0.144. The number of nitrogens with one attached hydrogen (secondary N) is 1. The highest BCUT2D eigenvalue weighted by molar-refractivity contribution is 7.80. The van der Waals surface area contributed by atoms with E-state index in [4.69, 9.17) is 33.9 Å². The molecule has 0 radical (unpaired) electrons. The molecule has 0 saturated heterocycles. The van der Waals surface area contributed by atoms with E-state index in [1.807, 2.05) is 0 Å². The zero-order valence-electron chi connectivity index (χ0n) is 14.4. The Kier molecular flexibility index (Phi) is 10.8. The first-order valence-corrected chi connectivity index (χ1v) is 8.28. The third kappa shape index (κ3) is 8.94. The maximum atomic E-state index is 12.2. The summed E-state index contributed by atoms with van der Waals surface area (Å²) in [6.45, 7) is 0.304. The first-order valence-electron chi connectivity index (χ1n) is 7.87. The highest BCUT2D eigenvalue weighted by Crippen LogP contribution is 2.17. The van der Waals surface area contributed by atoms with Crippen LogP contribution in [-0.4, -0.2) is 69.0 Å². The first-order chi connectivity index (χ1) is 12.0. The number of carbonyl (C=O) groups is 4. The second-order valence-electron chi connectivity index (χ2n) is 5.97. The number of hydrogen-bond donors (Lipinski definition) is 6. The Balaban J connectivity index is 4.90. The monoisotopic (exact) mass is 391 g/mol. The van der Waals surface area contributed by atoms with Crippen LogP contribution in [0.25, 0.3) is 0 Å². The van der Waals surface area contributed by atoms with Gasteiger partial charge < -0.3 is 32.1 Å². The third-order valence-electron chi connectivity index (χ3n) is 3.69. The van der Waals surface area contributed by atoms with Crippen LogP contribution in [0, 0.1) is 11.8 Å². The highest BCUT2D eigenvalue weighted by Gasteiger charge is 2.28. The van der Waals surface area contributed by atoms with Gasteiger partial charge in [0.05, 0.1) is 37.1 Å². The predicted molar refractivity (Wildman–Crippen MR) is 95.0 cm³/mol. The van der Waals surface area contributed by atoms with E-state index in [2.05, 4.69) is 5.32 Å². The number of carbonyl (C=O) groups excluding carboxylic acids is 3. The molecule has 0 aromatic rings. The number of carboxylic acids is 1. The van der Waals surface area contributed by atoms with Crippen LogP contribution in [-0.2, 0) is 19.2 Å². The number of primary amides is 1. The molecule has 0 aromatic heterocycles. The summed E-state index contributed by atoms with van der Waals surface area (Å²) in [5.74, 6) is -5.39. The Labute approximate surface area is 155 Å². The van der Waals surface area contributed by atoms with Gasteiger partial charge in [-0.15, -0.1) is 0 Å². The van der Waals surface area contributed by atoms with Gasteiger partial charge in [-0.3, -0.25) is 19.2 Å². The lowest BCUT2D eigenvalue weighted by Crippen LogP contribution is -2.44. The van der Waals surface area contributed by atoms with Crippen LogP contribution < -0.4 is 16.8 Å². The molecule has 10 nitrogen and oxygen atoms in total. The van der Waals surface area contributed by atoms with Crippen molar-refractivity contribution in [2.75, 3.05) is 13.2 Å². The summed E-state index contributed by atoms with van der Waals surface area (Å²) >= 11 is 5.09. The van der Waals surface area contributed by atoms with Crippen molar-refractivity contribution in [3.05, 3.63) is 0 Å². The molecular weight excluding hydrogens is 366 g/mol. The zero-order valence-corrected chi connectivity index (χ0v) is 15.2. The number of aliphatic hydroxyl groups is 2. The van der Waals surface area contributed by atoms with Crippen LogP contribution in [0.4, 0.5) is 0 Å². The maximum Gasteiger partial charge on any atom is 0.309 e. The number of aliphatic hydroxyl groups excluding tert-OH is 2. The van der Waals surface area contributed by atoms with Crippen LogP contribution >= 0.6 is 12.2 Å². The highest BCUT2D eigenvalue weighted by atomic mass is 32.1. The van der Waals surface area contributed by atoms with Crippen LogP contribution in [0.3, 0.4) is 0 Å². The fourth-order valence-corrected chi connectivity index (χ4v) is 2.50. The Bertz CT molecular complexity index is 553. The number of aliphatic carboxylic acids is 1. The number of nitrogens with two attached hydrogens (primary N) is 2. The summed E-state index contributed by atoms with van der Waals surface area (Å²) < 4.78 is 0. The fraction of sp³-hybridized carbons (Fsp3) is 0.667. The minimum atomic E-state index is -1.23. The molecule has 0 aliphatic carbocycles. The van der Waals surface area contributed by atoms with Crippen LogP contribution in [0.15, 0.2) is 0 Å². The average Bonchev–Trinajstić information content (AvgIpc) is 2.54. The van der Waals surface area contributed by atoms with E-state index < -0.39 is 60.7 Å². The van der Waals surface area contributed by atoms with Gasteiger partial charge in [0.15, 0.2) is 5.78 Å². The quantitative estimate of drug-likeness (QED) is 0.187. The van der Waals surface area contributed by atoms with E-state index in [-0.39, 0.29) is 24.1 Å². The van der Waals surface area contributed by atoms with E-state index in [1.165, 1.54) is 6.92 Å². The number of amides is 2. The van der Waals surface area contributed by atoms with Crippen molar-refractivity contribution in [1.82, 2.24) is 5.32 Å². The topological polar surface area (TPSA) is 193 Å². The summed E-state index contributed by atoms with van der Waals surface area (Å²) in [7, 11) is 0. The van der Waals surface area contributed by atoms with Gasteiger partial charge in [-0.2, -0.15) is 0 Å². The van der Waals surface area contributed by atoms with Gasteiger partial charge in [-0.25, -0.2) is 0 Å². The minimum absolute atomic E-state index is 0.110. The second-order valence-corrected chi connectivity index (χ2v) is 6.55. The lowest BCUT2D eigenvalue weighted by Gasteiger charge is -2.19. The average molecular weight is 391 g/mol. The molecule has 148 valence electrons. The Hall–Kier alpha value is -1.95. The van der Waals surface area contributed by atoms with E-state index in [1.54, 1.807) is 0 Å². The Morgan fingerprint density at radius 2 is 1.73 bits per heavy atom. The van der Waals surface area contributed by atoms with Gasteiger partial charge in [0, 0.05) is 6.42 Å². The fourth-order valence-electron chi connectivity index (χ4n) is 2.12. The number of rotatable bonds is 13. The van der Waals surface area contributed by atoms with Crippen LogP contribution in [0.2, 0.25) is 0 Å². The summed E-state index contributed by atoms with van der Waals surface area (Å²) in [4.78, 5) is 46.2. The molecule has 0 spiro atoms. The summed E-state index contributed by atoms with van der Waals surface area (Å²) in [5.41, 5.74) is 10.4. The molecule has 2 amide bonds. The molecule has 0 fully saturated rings. The number of ketones is 1. The van der Waals surface area contributed by atoms with Gasteiger partial charge in [0.2, 0.25) is 11.8 Å². The zero-order chi connectivity index (χ0) is 20.4. The number of hydrogen-bond acceptors (Lipinski definition) is 8. The summed E-state index contributed by atoms with van der Waals surface area (Å²) in [6.07, 6.45) is -1.76. The van der Waals surface area contributed by atoms with E-state index in [9.17, 15) is 24.3 Å². The van der Waals surface area contributed by atoms with Gasteiger partial charge in [0.1, 0.15) is 0 Å². The SMILES string of the molecule is CC(O)[C@H](CC(=S)C[C@@H](CC(N)=O)C(=O)NCC(=O)[C@@H](N)CO)C(=O)O. The smallest absolute Gasteiger partial charge is 0.309 e. The molecule has 26 heavy (non-hydrogen) atoms. The molecule has 1 unspecified atom stereocenters. The predicted octanol–water partition coefficient (Wildman–Crippen LogP) is -2.29. The van der Waals surface area contributed by atoms with Gasteiger partial charge in [-0.1, -0.05) is 12.2 Å². The van der Waals surface area contributed by atoms with Crippen molar-refractivity contribution in [1.29, 1.82) is 0 Å². The molecule has 4 atom stereocenters. The molecule has 0 saturated carbocycles. The summed E-state index contributed by atoms with van der Waals surface area (Å²) in [6, 6.07) is -1.13. The van der Waals surface area contributed by atoms with Crippen molar-refractivity contribution in [3.63, 3.8) is 0 Å². The molecule has 0 aliphatic rings. The first kappa shape index (κ1) is 24.1. The number of carboxylic acid groups (broad SMARTS) is 1. The minimum Gasteiger partial charge on any atom is -0.481 e. The standard InChI is InChI=1S/C15H25N3O7S/c1-7(20)10(15(24)25)4-9(26)2-8(3-13(17)22)14(23)18-5-12(21)11(16)6-19/h7-8,10-11,19-20H,2-6,16H2,1H3,(H2,17,22)(H,18,23)(H,24,25)/t7?,8-,10-,11-/m0/s1. The van der Waals surface area contributed by atoms with E-state index in [0.29, 0.717) is 0 Å². The molecule has 0 heterocycles. The van der Waals surface area contributed by atoms with Gasteiger partial charge in [-0.05, 0) is 24.6 Å². The molecular formula is C15H25N3O7S. The number of thiocarbonyl (C=S) groups is 1. The number of Topliss-reactive ketones (excluding diaryl/α,β-unsaturated/α-hetero) is 1. The molecule has 0 aromatic carbocycles. The molecule has 0 rings (SSSR count). The molecule has 0 aliphatic heterocycles. The van der Waals surface area contributed by atoms with E-state index >= 15 is 0 Å². The van der Waals surface area contributed by atoms with Crippen molar-refractivity contribution < 1.29 is 34.5 Å². The normalized spacial score (nSPS) is 15.4. The van der Waals surface area contributed by atoms with E-state index in [0.717, 1.165) is 0 Å². The van der Waals surface area contributed by atoms with Crippen LogP contribution in [0.5, 0.6) is 0 Å². The molecule has 8 N–H and O–H groups in total. The molecule has 11 heteroatoms. The second kappa shape index (κ2) is 11.6. The van der Waals surface area contributed by atoms with Crippen molar-refractivity contribution >= 4 is 40.6 Å². The Morgan fingerprint density at radius 1 is 1.15 bits per heavy atom. The Morgan fingerprint density at radius 3 is 2.15 bits per heavy atom. The van der Waals surface area contributed by atoms with Crippen molar-refractivity contribution in [2.45, 2.75) is 38.3 Å². The van der Waals surface area contributed by atoms with Crippen molar-refractivity contribution in [3.8, 4) is 0 Å². The third-order valence-corrected chi connectivity index (χ3v) is 4.02. The summed E-state index contributed by atoms with van der Waals surface area (Å²) in [5, 5.41) is 29.6. The lowest BCUT2D eigenvalue weighted by atomic mass is 9.91. The maximum absolute atomic E-state index is 12.2. The largest absolute Gasteiger partial charge is 0.481 e. The van der Waals surface area contributed by atoms with Gasteiger partial charge >= 0.3 is 5.97 Å². The molecule has 0 bridgehead atoms.